The molecule has 4 heteroatoms. The molecule has 2 aromatic carbocycles. The van der Waals surface area contributed by atoms with Gasteiger partial charge in [-0.05, 0) is 43.3 Å². The van der Waals surface area contributed by atoms with Gasteiger partial charge in [-0.2, -0.15) is 0 Å². The van der Waals surface area contributed by atoms with Gasteiger partial charge in [0.15, 0.2) is 0 Å². The van der Waals surface area contributed by atoms with Crippen LogP contribution < -0.4 is 4.74 Å². The van der Waals surface area contributed by atoms with E-state index < -0.39 is 11.9 Å². The van der Waals surface area contributed by atoms with Crippen LogP contribution >= 0.6 is 0 Å². The Morgan fingerprint density at radius 3 is 1.70 bits per heavy atom. The van der Waals surface area contributed by atoms with Gasteiger partial charge in [-0.15, -0.1) is 0 Å². The molecule has 20 heavy (non-hydrogen) atoms. The normalized spacial score (nSPS) is 9.90. The highest BCUT2D eigenvalue weighted by Gasteiger charge is 2.14. The smallest absolute Gasteiger partial charge is 0.346 e. The molecule has 0 aliphatic carbocycles. The maximum Gasteiger partial charge on any atom is 0.346 e. The number of methoxy groups -OCH3 is 1. The van der Waals surface area contributed by atoms with Crippen molar-refractivity contribution >= 4 is 11.9 Å². The van der Waals surface area contributed by atoms with Crippen LogP contribution in [0.3, 0.4) is 0 Å². The highest BCUT2D eigenvalue weighted by Crippen LogP contribution is 2.13. The molecular weight excluding hydrogens is 256 g/mol. The van der Waals surface area contributed by atoms with Crippen molar-refractivity contribution in [3.8, 4) is 5.75 Å². The van der Waals surface area contributed by atoms with E-state index in [0.717, 1.165) is 5.56 Å². The van der Waals surface area contributed by atoms with E-state index >= 15 is 0 Å². The fourth-order valence-corrected chi connectivity index (χ4v) is 1.62. The second-order valence-corrected chi connectivity index (χ2v) is 4.27. The summed E-state index contributed by atoms with van der Waals surface area (Å²) >= 11 is 0. The minimum absolute atomic E-state index is 0.297. The number of carbonyl (C=O) groups is 2. The minimum atomic E-state index is -0.682. The summed E-state index contributed by atoms with van der Waals surface area (Å²) in [5, 5.41) is 0. The predicted octanol–water partition coefficient (Wildman–Crippen LogP) is 3.00. The summed E-state index contributed by atoms with van der Waals surface area (Å²) in [6.07, 6.45) is 0. The first-order chi connectivity index (χ1) is 9.60. The van der Waals surface area contributed by atoms with E-state index in [1.165, 1.54) is 7.11 Å². The van der Waals surface area contributed by atoms with E-state index in [-0.39, 0.29) is 0 Å². The van der Waals surface area contributed by atoms with E-state index in [2.05, 4.69) is 0 Å². The number of hydrogen-bond donors (Lipinski definition) is 0. The Bertz CT molecular complexity index is 612. The van der Waals surface area contributed by atoms with Gasteiger partial charge in [-0.3, -0.25) is 0 Å². The first-order valence-electron chi connectivity index (χ1n) is 6.07. The average Bonchev–Trinajstić information content (AvgIpc) is 2.48. The fraction of sp³-hybridized carbons (Fsp3) is 0.125. The van der Waals surface area contributed by atoms with Crippen molar-refractivity contribution in [2.45, 2.75) is 6.92 Å². The summed E-state index contributed by atoms with van der Waals surface area (Å²) < 4.78 is 9.81. The van der Waals surface area contributed by atoms with Crippen molar-refractivity contribution in [1.82, 2.24) is 0 Å². The third-order valence-electron chi connectivity index (χ3n) is 2.80. The summed E-state index contributed by atoms with van der Waals surface area (Å²) in [6.45, 7) is 1.91. The Hall–Kier alpha value is -2.62. The topological polar surface area (TPSA) is 52.6 Å². The molecule has 0 N–H and O–H groups in total. The van der Waals surface area contributed by atoms with Gasteiger partial charge in [0.25, 0.3) is 0 Å². The van der Waals surface area contributed by atoms with Gasteiger partial charge in [0, 0.05) is 0 Å². The molecule has 0 unspecified atom stereocenters. The zero-order valence-corrected chi connectivity index (χ0v) is 11.3. The third-order valence-corrected chi connectivity index (χ3v) is 2.80. The second-order valence-electron chi connectivity index (χ2n) is 4.27. The van der Waals surface area contributed by atoms with E-state index in [0.29, 0.717) is 16.9 Å². The highest BCUT2D eigenvalue weighted by molar-refractivity contribution is 6.02. The molecule has 4 nitrogen and oxygen atoms in total. The van der Waals surface area contributed by atoms with E-state index in [4.69, 9.17) is 9.47 Å². The maximum atomic E-state index is 11.8. The standard InChI is InChI=1S/C16H14O4/c1-11-3-5-12(6-4-11)15(17)20-16(18)13-7-9-14(19-2)10-8-13/h3-10H,1-2H3. The third kappa shape index (κ3) is 3.23. The van der Waals surface area contributed by atoms with Crippen LogP contribution in [0.5, 0.6) is 5.75 Å². The molecule has 0 saturated carbocycles. The molecule has 0 aliphatic rings. The van der Waals surface area contributed by atoms with Crippen molar-refractivity contribution in [2.24, 2.45) is 0 Å². The molecule has 2 aromatic rings. The van der Waals surface area contributed by atoms with Gasteiger partial charge in [0.2, 0.25) is 0 Å². The van der Waals surface area contributed by atoms with Gasteiger partial charge < -0.3 is 9.47 Å². The zero-order valence-electron chi connectivity index (χ0n) is 11.3. The quantitative estimate of drug-likeness (QED) is 0.635. The van der Waals surface area contributed by atoms with Gasteiger partial charge in [0.1, 0.15) is 5.75 Å². The summed E-state index contributed by atoms with van der Waals surface area (Å²) in [6, 6.07) is 13.2. The van der Waals surface area contributed by atoms with Crippen LogP contribution in [0.4, 0.5) is 0 Å². The summed E-state index contributed by atoms with van der Waals surface area (Å²) in [4.78, 5) is 23.6. The first-order valence-corrected chi connectivity index (χ1v) is 6.07. The first kappa shape index (κ1) is 13.8. The predicted molar refractivity (Wildman–Crippen MR) is 73.9 cm³/mol. The van der Waals surface area contributed by atoms with E-state index in [1.807, 2.05) is 6.92 Å². The molecule has 0 amide bonds. The minimum Gasteiger partial charge on any atom is -0.497 e. The molecule has 0 fully saturated rings. The number of rotatable bonds is 3. The summed E-state index contributed by atoms with van der Waals surface area (Å²) in [5.74, 6) is -0.713. The van der Waals surface area contributed by atoms with Crippen molar-refractivity contribution in [3.05, 3.63) is 65.2 Å². The SMILES string of the molecule is COc1ccc(C(=O)OC(=O)c2ccc(C)cc2)cc1. The van der Waals surface area contributed by atoms with E-state index in [9.17, 15) is 9.59 Å². The van der Waals surface area contributed by atoms with Gasteiger partial charge >= 0.3 is 11.9 Å². The fourth-order valence-electron chi connectivity index (χ4n) is 1.62. The molecule has 0 aromatic heterocycles. The molecule has 2 rings (SSSR count). The van der Waals surface area contributed by atoms with Crippen LogP contribution in [0, 0.1) is 6.92 Å². The number of ether oxygens (including phenoxy) is 2. The number of aryl methyl sites for hydroxylation is 1. The lowest BCUT2D eigenvalue weighted by molar-refractivity contribution is 0.0398. The van der Waals surface area contributed by atoms with Crippen LogP contribution in [0.25, 0.3) is 0 Å². The average molecular weight is 270 g/mol. The van der Waals surface area contributed by atoms with Gasteiger partial charge in [-0.1, -0.05) is 17.7 Å². The molecule has 0 heterocycles. The van der Waals surface area contributed by atoms with Crippen molar-refractivity contribution < 1.29 is 19.1 Å². The number of carbonyl (C=O) groups excluding carboxylic acids is 2. The van der Waals surface area contributed by atoms with Crippen LogP contribution in [-0.2, 0) is 4.74 Å². The van der Waals surface area contributed by atoms with Crippen LogP contribution in [0.15, 0.2) is 48.5 Å². The zero-order chi connectivity index (χ0) is 14.5. The molecule has 0 saturated heterocycles. The van der Waals surface area contributed by atoms with Crippen molar-refractivity contribution in [1.29, 1.82) is 0 Å². The number of esters is 2. The van der Waals surface area contributed by atoms with Gasteiger partial charge in [-0.25, -0.2) is 9.59 Å². The highest BCUT2D eigenvalue weighted by atomic mass is 16.6. The molecule has 0 radical (unpaired) electrons. The summed E-state index contributed by atoms with van der Waals surface area (Å²) in [7, 11) is 1.54. The Morgan fingerprint density at radius 1 is 0.800 bits per heavy atom. The monoisotopic (exact) mass is 270 g/mol. The Labute approximate surface area is 116 Å². The molecular formula is C16H14O4. The Kier molecular flexibility index (Phi) is 4.15. The van der Waals surface area contributed by atoms with Crippen LogP contribution in [-0.4, -0.2) is 19.0 Å². The number of benzene rings is 2. The van der Waals surface area contributed by atoms with Crippen molar-refractivity contribution in [3.63, 3.8) is 0 Å². The number of hydrogen-bond acceptors (Lipinski definition) is 4. The largest absolute Gasteiger partial charge is 0.497 e. The molecule has 0 bridgehead atoms. The lowest BCUT2D eigenvalue weighted by Gasteiger charge is -2.04. The second kappa shape index (κ2) is 6.02. The molecule has 0 atom stereocenters. The maximum absolute atomic E-state index is 11.8. The molecule has 0 aliphatic heterocycles. The van der Waals surface area contributed by atoms with E-state index in [1.54, 1.807) is 48.5 Å². The Balaban J connectivity index is 2.06. The molecule has 102 valence electrons. The van der Waals surface area contributed by atoms with Crippen LogP contribution in [0.1, 0.15) is 26.3 Å². The van der Waals surface area contributed by atoms with Crippen LogP contribution in [0.2, 0.25) is 0 Å². The van der Waals surface area contributed by atoms with Gasteiger partial charge in [0.05, 0.1) is 18.2 Å². The Morgan fingerprint density at radius 2 is 1.25 bits per heavy atom. The summed E-state index contributed by atoms with van der Waals surface area (Å²) in [5.41, 5.74) is 1.67. The lowest BCUT2D eigenvalue weighted by Crippen LogP contribution is -2.12. The van der Waals surface area contributed by atoms with Crippen molar-refractivity contribution in [2.75, 3.05) is 7.11 Å². The molecule has 0 spiro atoms. The lowest BCUT2D eigenvalue weighted by atomic mass is 10.1.